The molecule has 0 spiro atoms. The fraction of sp³-hybridized carbons (Fsp3) is 0.133. The van der Waals surface area contributed by atoms with E-state index in [1.54, 1.807) is 0 Å². The van der Waals surface area contributed by atoms with Gasteiger partial charge in [0.05, 0.1) is 16.6 Å². The Hall–Kier alpha value is -1.52. The lowest BCUT2D eigenvalue weighted by Gasteiger charge is -2.16. The molecule has 0 saturated carbocycles. The highest BCUT2D eigenvalue weighted by Crippen LogP contribution is 2.30. The zero-order chi connectivity index (χ0) is 14.3. The Morgan fingerprint density at radius 3 is 2.60 bits per heavy atom. The molecule has 3 rings (SSSR count). The maximum Gasteiger partial charge on any atom is 0.201 e. The lowest BCUT2D eigenvalue weighted by atomic mass is 10.1. The summed E-state index contributed by atoms with van der Waals surface area (Å²) >= 11 is 9.62. The highest BCUT2D eigenvalue weighted by molar-refractivity contribution is 9.10. The number of rotatable bonds is 2. The van der Waals surface area contributed by atoms with Gasteiger partial charge in [0.15, 0.2) is 0 Å². The molecular formula is C15H13BrClN3. The normalized spacial score (nSPS) is 12.8. The van der Waals surface area contributed by atoms with Gasteiger partial charge < -0.3 is 10.3 Å². The minimum Gasteiger partial charge on any atom is -0.369 e. The van der Waals surface area contributed by atoms with E-state index in [9.17, 15) is 0 Å². The number of nitrogens with two attached hydrogens (primary N) is 1. The van der Waals surface area contributed by atoms with Crippen LogP contribution in [0, 0.1) is 0 Å². The molecule has 0 aliphatic carbocycles. The highest BCUT2D eigenvalue weighted by Gasteiger charge is 2.16. The van der Waals surface area contributed by atoms with E-state index in [1.807, 2.05) is 34.9 Å². The van der Waals surface area contributed by atoms with E-state index < -0.39 is 0 Å². The number of hydrogen-bond acceptors (Lipinski definition) is 2. The fourth-order valence-electron chi connectivity index (χ4n) is 2.40. The van der Waals surface area contributed by atoms with Gasteiger partial charge in [0.1, 0.15) is 5.52 Å². The van der Waals surface area contributed by atoms with Gasteiger partial charge in [0.2, 0.25) is 5.95 Å². The minimum atomic E-state index is 0.0894. The number of nitrogens with zero attached hydrogens (tertiary/aromatic N) is 2. The van der Waals surface area contributed by atoms with Gasteiger partial charge in [-0.1, -0.05) is 45.7 Å². The summed E-state index contributed by atoms with van der Waals surface area (Å²) in [4.78, 5) is 4.38. The van der Waals surface area contributed by atoms with Crippen molar-refractivity contribution < 1.29 is 0 Å². The molecule has 1 aromatic heterocycles. The number of para-hydroxylation sites is 1. The van der Waals surface area contributed by atoms with Crippen LogP contribution >= 0.6 is 27.5 Å². The third kappa shape index (κ3) is 2.19. The number of fused-ring (bicyclic) bond motifs is 1. The van der Waals surface area contributed by atoms with Gasteiger partial charge in [0, 0.05) is 4.47 Å². The average molecular weight is 351 g/mol. The first-order valence-corrected chi connectivity index (χ1v) is 7.42. The van der Waals surface area contributed by atoms with Gasteiger partial charge in [-0.2, -0.15) is 0 Å². The SMILES string of the molecule is CC(c1ccc(Br)cc1)n1c(N)nc2c(Cl)cccc21. The zero-order valence-corrected chi connectivity index (χ0v) is 13.2. The molecule has 0 aliphatic heterocycles. The maximum absolute atomic E-state index is 6.18. The zero-order valence-electron chi connectivity index (χ0n) is 10.8. The Balaban J connectivity index is 2.16. The Labute approximate surface area is 130 Å². The summed E-state index contributed by atoms with van der Waals surface area (Å²) in [6.45, 7) is 2.10. The maximum atomic E-state index is 6.18. The molecule has 0 radical (unpaired) electrons. The molecule has 0 fully saturated rings. The molecule has 20 heavy (non-hydrogen) atoms. The van der Waals surface area contributed by atoms with E-state index in [0.29, 0.717) is 11.0 Å². The quantitative estimate of drug-likeness (QED) is 0.731. The van der Waals surface area contributed by atoms with Crippen LogP contribution in [0.1, 0.15) is 18.5 Å². The van der Waals surface area contributed by atoms with Crippen molar-refractivity contribution in [3.63, 3.8) is 0 Å². The second-order valence-corrected chi connectivity index (χ2v) is 6.00. The van der Waals surface area contributed by atoms with Crippen LogP contribution in [0.15, 0.2) is 46.9 Å². The second-order valence-electron chi connectivity index (χ2n) is 4.68. The van der Waals surface area contributed by atoms with Gasteiger partial charge in [-0.05, 0) is 36.8 Å². The molecule has 102 valence electrons. The summed E-state index contributed by atoms with van der Waals surface area (Å²) in [5.41, 5.74) is 8.94. The van der Waals surface area contributed by atoms with Crippen LogP contribution in [0.3, 0.4) is 0 Å². The number of halogens is 2. The molecule has 0 saturated heterocycles. The van der Waals surface area contributed by atoms with Crippen LogP contribution < -0.4 is 5.73 Å². The molecule has 5 heteroatoms. The van der Waals surface area contributed by atoms with Gasteiger partial charge in [-0.15, -0.1) is 0 Å². The Morgan fingerprint density at radius 1 is 1.20 bits per heavy atom. The smallest absolute Gasteiger partial charge is 0.201 e. The van der Waals surface area contributed by atoms with Crippen LogP contribution in [0.2, 0.25) is 5.02 Å². The van der Waals surface area contributed by atoms with Gasteiger partial charge in [0.25, 0.3) is 0 Å². The summed E-state index contributed by atoms with van der Waals surface area (Å²) < 4.78 is 3.06. The van der Waals surface area contributed by atoms with Crippen molar-refractivity contribution >= 4 is 44.5 Å². The van der Waals surface area contributed by atoms with Crippen LogP contribution in [0.5, 0.6) is 0 Å². The first kappa shape index (κ1) is 13.5. The van der Waals surface area contributed by atoms with E-state index in [1.165, 1.54) is 5.56 Å². The topological polar surface area (TPSA) is 43.8 Å². The number of nitrogen functional groups attached to an aromatic ring is 1. The molecule has 3 nitrogen and oxygen atoms in total. The summed E-state index contributed by atoms with van der Waals surface area (Å²) in [6, 6.07) is 14.0. The molecule has 1 atom stereocenters. The van der Waals surface area contributed by atoms with Crippen molar-refractivity contribution in [3.8, 4) is 0 Å². The number of benzene rings is 2. The Kier molecular flexibility index (Phi) is 3.44. The van der Waals surface area contributed by atoms with Crippen LogP contribution in [-0.4, -0.2) is 9.55 Å². The highest BCUT2D eigenvalue weighted by atomic mass is 79.9. The summed E-state index contributed by atoms with van der Waals surface area (Å²) in [5.74, 6) is 0.475. The van der Waals surface area contributed by atoms with Crippen LogP contribution in [0.4, 0.5) is 5.95 Å². The molecule has 0 aliphatic rings. The summed E-state index contributed by atoms with van der Waals surface area (Å²) in [6.07, 6.45) is 0. The van der Waals surface area contributed by atoms with E-state index in [0.717, 1.165) is 15.5 Å². The predicted octanol–water partition coefficient (Wildman–Crippen LogP) is 4.64. The minimum absolute atomic E-state index is 0.0894. The van der Waals surface area contributed by atoms with Crippen molar-refractivity contribution in [1.82, 2.24) is 9.55 Å². The lowest BCUT2D eigenvalue weighted by Crippen LogP contribution is -2.10. The van der Waals surface area contributed by atoms with Crippen molar-refractivity contribution in [2.75, 3.05) is 5.73 Å². The molecule has 3 aromatic rings. The standard InChI is InChI=1S/C15H13BrClN3/c1-9(10-5-7-11(16)8-6-10)20-13-4-2-3-12(17)14(13)19-15(20)18/h2-9H,1H3,(H2,18,19). The second kappa shape index (κ2) is 5.11. The van der Waals surface area contributed by atoms with Crippen molar-refractivity contribution in [2.45, 2.75) is 13.0 Å². The van der Waals surface area contributed by atoms with Crippen LogP contribution in [-0.2, 0) is 0 Å². The van der Waals surface area contributed by atoms with Crippen molar-refractivity contribution in [1.29, 1.82) is 0 Å². The number of anilines is 1. The molecule has 2 aromatic carbocycles. The number of aromatic nitrogens is 2. The number of imidazole rings is 1. The average Bonchev–Trinajstić information content (AvgIpc) is 2.77. The Morgan fingerprint density at radius 2 is 1.90 bits per heavy atom. The lowest BCUT2D eigenvalue weighted by molar-refractivity contribution is 0.668. The van der Waals surface area contributed by atoms with Crippen molar-refractivity contribution in [2.24, 2.45) is 0 Å². The third-order valence-electron chi connectivity index (χ3n) is 3.44. The first-order valence-electron chi connectivity index (χ1n) is 6.25. The van der Waals surface area contributed by atoms with Gasteiger partial charge >= 0.3 is 0 Å². The molecule has 0 amide bonds. The fourth-order valence-corrected chi connectivity index (χ4v) is 2.87. The first-order chi connectivity index (χ1) is 9.58. The van der Waals surface area contributed by atoms with Crippen LogP contribution in [0.25, 0.3) is 11.0 Å². The summed E-state index contributed by atoms with van der Waals surface area (Å²) in [5, 5.41) is 0.621. The van der Waals surface area contributed by atoms with E-state index in [2.05, 4.69) is 40.0 Å². The van der Waals surface area contributed by atoms with E-state index in [-0.39, 0.29) is 6.04 Å². The Bertz CT molecular complexity index is 765. The van der Waals surface area contributed by atoms with Gasteiger partial charge in [-0.3, -0.25) is 0 Å². The summed E-state index contributed by atoms with van der Waals surface area (Å²) in [7, 11) is 0. The monoisotopic (exact) mass is 349 g/mol. The molecule has 1 unspecified atom stereocenters. The van der Waals surface area contributed by atoms with Crippen molar-refractivity contribution in [3.05, 3.63) is 57.5 Å². The molecular weight excluding hydrogens is 338 g/mol. The van der Waals surface area contributed by atoms with E-state index >= 15 is 0 Å². The molecule has 2 N–H and O–H groups in total. The largest absolute Gasteiger partial charge is 0.369 e. The van der Waals surface area contributed by atoms with E-state index in [4.69, 9.17) is 17.3 Å². The van der Waals surface area contributed by atoms with Gasteiger partial charge in [-0.25, -0.2) is 4.98 Å². The third-order valence-corrected chi connectivity index (χ3v) is 4.27. The number of hydrogen-bond donors (Lipinski definition) is 1. The molecule has 0 bridgehead atoms. The predicted molar refractivity (Wildman–Crippen MR) is 87.1 cm³/mol. The molecule has 1 heterocycles.